The summed E-state index contributed by atoms with van der Waals surface area (Å²) in [4.78, 5) is 81.8. The quantitative estimate of drug-likeness (QED) is 0.122. The molecule has 4 amide bonds. The molecule has 1 aromatic carbocycles. The third-order valence-electron chi connectivity index (χ3n) is 12.2. The van der Waals surface area contributed by atoms with E-state index in [1.807, 2.05) is 75.0 Å². The Bertz CT molecular complexity index is 1570. The molecule has 0 aliphatic carbocycles. The van der Waals surface area contributed by atoms with Crippen LogP contribution in [-0.2, 0) is 39.9 Å². The molecule has 0 radical (unpaired) electrons. The van der Waals surface area contributed by atoms with Gasteiger partial charge in [0.1, 0.15) is 12.1 Å². The van der Waals surface area contributed by atoms with E-state index in [9.17, 15) is 29.1 Å². The molecule has 0 aromatic heterocycles. The number of carbonyl (C=O) groups excluding carboxylic acids is 4. The average molecular weight is 843 g/mol. The summed E-state index contributed by atoms with van der Waals surface area (Å²) in [5.41, 5.74) is 6.41. The number of ether oxygens (including phenoxy) is 2. The number of amides is 4. The van der Waals surface area contributed by atoms with E-state index in [2.05, 4.69) is 17.1 Å². The first-order chi connectivity index (χ1) is 28.5. The Morgan fingerprint density at radius 1 is 0.933 bits per heavy atom. The van der Waals surface area contributed by atoms with Crippen LogP contribution in [0.2, 0.25) is 0 Å². The van der Waals surface area contributed by atoms with Gasteiger partial charge in [-0.15, -0.1) is 0 Å². The van der Waals surface area contributed by atoms with Gasteiger partial charge in [-0.05, 0) is 43.2 Å². The highest BCUT2D eigenvalue weighted by molar-refractivity contribution is 5.88. The average Bonchev–Trinajstić information content (AvgIpc) is 3.72. The smallest absolute Gasteiger partial charge is 0.326 e. The molecule has 0 saturated carbocycles. The van der Waals surface area contributed by atoms with Crippen LogP contribution >= 0.6 is 0 Å². The zero-order valence-electron chi connectivity index (χ0n) is 37.8. The lowest BCUT2D eigenvalue weighted by Crippen LogP contribution is -2.56. The topological polar surface area (TPSA) is 191 Å². The number of aliphatic imine (C=N–C) groups is 1. The summed E-state index contributed by atoms with van der Waals surface area (Å²) in [6, 6.07) is 6.39. The lowest BCUT2D eigenvalue weighted by atomic mass is 9.89. The van der Waals surface area contributed by atoms with E-state index in [1.54, 1.807) is 30.9 Å². The van der Waals surface area contributed by atoms with Gasteiger partial charge in [0.15, 0.2) is 5.96 Å². The number of guanidine groups is 1. The third-order valence-corrected chi connectivity index (χ3v) is 12.2. The number of nitrogens with one attached hydrogen (secondary N) is 1. The second-order valence-corrected chi connectivity index (χ2v) is 17.0. The highest BCUT2D eigenvalue weighted by atomic mass is 16.5. The summed E-state index contributed by atoms with van der Waals surface area (Å²) in [6.07, 6.45) is 1.95. The third kappa shape index (κ3) is 13.4. The normalized spacial score (nSPS) is 19.6. The fraction of sp³-hybridized carbons (Fsp3) is 0.727. The molecule has 16 nitrogen and oxygen atoms in total. The molecule has 2 heterocycles. The van der Waals surface area contributed by atoms with Crippen LogP contribution in [0.3, 0.4) is 0 Å². The number of likely N-dealkylation sites (tertiary alicyclic amines) is 1. The largest absolute Gasteiger partial charge is 0.480 e. The summed E-state index contributed by atoms with van der Waals surface area (Å²) in [7, 11) is 8.65. The molecule has 4 N–H and O–H groups in total. The fourth-order valence-corrected chi connectivity index (χ4v) is 8.53. The van der Waals surface area contributed by atoms with Crippen molar-refractivity contribution < 1.29 is 38.6 Å². The van der Waals surface area contributed by atoms with Gasteiger partial charge in [-0.2, -0.15) is 0 Å². The Labute approximate surface area is 358 Å². The fourth-order valence-electron chi connectivity index (χ4n) is 8.53. The van der Waals surface area contributed by atoms with Gasteiger partial charge >= 0.3 is 5.97 Å². The molecule has 16 heteroatoms. The van der Waals surface area contributed by atoms with Crippen molar-refractivity contribution in [3.05, 3.63) is 35.9 Å². The first-order valence-electron chi connectivity index (χ1n) is 21.7. The Morgan fingerprint density at radius 2 is 1.57 bits per heavy atom. The summed E-state index contributed by atoms with van der Waals surface area (Å²) in [5.74, 6) is -2.11. The van der Waals surface area contributed by atoms with E-state index in [4.69, 9.17) is 20.2 Å². The number of carboxylic acid groups (broad SMARTS) is 1. The molecule has 0 unspecified atom stereocenters. The predicted octanol–water partition coefficient (Wildman–Crippen LogP) is 2.54. The maximum atomic E-state index is 14.6. The van der Waals surface area contributed by atoms with Crippen molar-refractivity contribution in [3.63, 3.8) is 0 Å². The lowest BCUT2D eigenvalue weighted by Gasteiger charge is -2.41. The molecule has 338 valence electrons. The standard InChI is InChI=1S/C44H74N8O8/c1-11-30(4)39(49(8)42(56)38(29(2)3)47-44(48(6)7)51-25-23-50(24-26-51)36(53)20-15-21-45)35(59-9)28-37(54)52-22-16-19-34(52)40(60-10)31(5)41(55)46-33(43(57)58)27-32-17-13-12-14-18-32/h12-14,17-18,29-31,33-35,38-40H,11,15-16,19-28,45H2,1-10H3,(H,46,55)(H,57,58)/t30-,31+,33-,34-,35+,38-,39-,40+/m0/s1. The number of aliphatic carboxylic acids is 1. The van der Waals surface area contributed by atoms with Crippen molar-refractivity contribution in [1.82, 2.24) is 29.8 Å². The Hall–Kier alpha value is -4.28. The molecule has 2 aliphatic rings. The second-order valence-electron chi connectivity index (χ2n) is 17.0. The van der Waals surface area contributed by atoms with Gasteiger partial charge in [-0.1, -0.05) is 71.4 Å². The zero-order valence-corrected chi connectivity index (χ0v) is 37.8. The number of methoxy groups -OCH3 is 2. The van der Waals surface area contributed by atoms with E-state index in [1.165, 1.54) is 7.11 Å². The minimum Gasteiger partial charge on any atom is -0.480 e. The Balaban J connectivity index is 1.79. The number of piperazine rings is 1. The monoisotopic (exact) mass is 843 g/mol. The number of rotatable bonds is 21. The van der Waals surface area contributed by atoms with Gasteiger partial charge in [-0.3, -0.25) is 19.2 Å². The zero-order chi connectivity index (χ0) is 44.7. The van der Waals surface area contributed by atoms with Crippen LogP contribution in [0.4, 0.5) is 0 Å². The van der Waals surface area contributed by atoms with Crippen molar-refractivity contribution >= 4 is 35.6 Å². The van der Waals surface area contributed by atoms with Gasteiger partial charge in [0.2, 0.25) is 23.6 Å². The summed E-state index contributed by atoms with van der Waals surface area (Å²) >= 11 is 0. The highest BCUT2D eigenvalue weighted by Gasteiger charge is 2.43. The lowest BCUT2D eigenvalue weighted by molar-refractivity contribution is -0.147. The van der Waals surface area contributed by atoms with Gasteiger partial charge in [0.05, 0.1) is 36.6 Å². The van der Waals surface area contributed by atoms with Gasteiger partial charge in [0, 0.05) is 80.9 Å². The second kappa shape index (κ2) is 24.2. The van der Waals surface area contributed by atoms with Crippen LogP contribution in [0.1, 0.15) is 78.7 Å². The van der Waals surface area contributed by atoms with Crippen LogP contribution in [0.15, 0.2) is 35.3 Å². The predicted molar refractivity (Wildman–Crippen MR) is 232 cm³/mol. The van der Waals surface area contributed by atoms with Crippen LogP contribution in [0.25, 0.3) is 0 Å². The molecule has 2 aliphatic heterocycles. The summed E-state index contributed by atoms with van der Waals surface area (Å²) in [6.45, 7) is 13.0. The molecular weight excluding hydrogens is 769 g/mol. The van der Waals surface area contributed by atoms with Crippen molar-refractivity contribution in [2.75, 3.05) is 74.6 Å². The van der Waals surface area contributed by atoms with Gasteiger partial charge in [-0.25, -0.2) is 9.79 Å². The number of likely N-dealkylation sites (N-methyl/N-ethyl adjacent to an activating group) is 1. The molecule has 3 rings (SSSR count). The number of hydrogen-bond donors (Lipinski definition) is 3. The molecule has 1 aromatic rings. The molecule has 2 fully saturated rings. The molecule has 8 atom stereocenters. The van der Waals surface area contributed by atoms with Crippen LogP contribution in [-0.4, -0.2) is 176 Å². The van der Waals surface area contributed by atoms with Crippen LogP contribution in [0, 0.1) is 17.8 Å². The summed E-state index contributed by atoms with van der Waals surface area (Å²) < 4.78 is 12.0. The Kier molecular flexibility index (Phi) is 20.2. The first kappa shape index (κ1) is 50.1. The molecule has 0 spiro atoms. The highest BCUT2D eigenvalue weighted by Crippen LogP contribution is 2.30. The van der Waals surface area contributed by atoms with Crippen molar-refractivity contribution in [1.29, 1.82) is 0 Å². The maximum absolute atomic E-state index is 14.6. The number of carbonyl (C=O) groups is 5. The molecule has 60 heavy (non-hydrogen) atoms. The van der Waals surface area contributed by atoms with Crippen LogP contribution < -0.4 is 11.1 Å². The van der Waals surface area contributed by atoms with E-state index in [-0.39, 0.29) is 42.4 Å². The van der Waals surface area contributed by atoms with Crippen molar-refractivity contribution in [3.8, 4) is 0 Å². The number of nitrogens with zero attached hydrogens (tertiary/aromatic N) is 6. The Morgan fingerprint density at radius 3 is 2.10 bits per heavy atom. The SMILES string of the molecule is CC[C@H](C)[C@@H]([C@@H](CC(=O)N1CCC[C@H]1[C@H](OC)[C@@H](C)C(=O)N[C@@H](Cc1ccccc1)C(=O)O)OC)N(C)C(=O)[C@@H](N=C(N(C)C)N1CCN(C(=O)CCCN)CC1)C(C)C. The minimum absolute atomic E-state index is 0.00163. The van der Waals surface area contributed by atoms with Crippen LogP contribution in [0.5, 0.6) is 0 Å². The maximum Gasteiger partial charge on any atom is 0.326 e. The summed E-state index contributed by atoms with van der Waals surface area (Å²) in [5, 5.41) is 12.6. The van der Waals surface area contributed by atoms with E-state index < -0.39 is 54.2 Å². The van der Waals surface area contributed by atoms with Gasteiger partial charge in [0.25, 0.3) is 0 Å². The van der Waals surface area contributed by atoms with E-state index in [0.29, 0.717) is 70.9 Å². The van der Waals surface area contributed by atoms with Crippen molar-refractivity contribution in [2.45, 2.75) is 116 Å². The number of carboxylic acids is 1. The van der Waals surface area contributed by atoms with E-state index >= 15 is 0 Å². The number of nitrogens with two attached hydrogens (primary N) is 1. The van der Waals surface area contributed by atoms with Gasteiger partial charge < -0.3 is 50.1 Å². The van der Waals surface area contributed by atoms with E-state index in [0.717, 1.165) is 12.0 Å². The molecule has 0 bridgehead atoms. The minimum atomic E-state index is -1.14. The first-order valence-corrected chi connectivity index (χ1v) is 21.7. The van der Waals surface area contributed by atoms with Crippen molar-refractivity contribution in [2.24, 2.45) is 28.5 Å². The molecular formula is C44H74N8O8. The molecule has 2 saturated heterocycles. The number of benzene rings is 1. The number of hydrogen-bond acceptors (Lipinski definition) is 9.